The Hall–Kier alpha value is -2.90. The quantitative estimate of drug-likeness (QED) is 0.919. The first-order chi connectivity index (χ1) is 10.9. The molecule has 2 aromatic carbocycles. The van der Waals surface area contributed by atoms with E-state index in [4.69, 9.17) is 14.2 Å². The molecule has 0 fully saturated rings. The van der Waals surface area contributed by atoms with Crippen molar-refractivity contribution in [3.8, 4) is 17.2 Å². The van der Waals surface area contributed by atoms with E-state index in [1.54, 1.807) is 23.5 Å². The third-order valence-electron chi connectivity index (χ3n) is 2.95. The summed E-state index contributed by atoms with van der Waals surface area (Å²) in [7, 11) is 0. The van der Waals surface area contributed by atoms with Gasteiger partial charge >= 0.3 is 18.2 Å². The van der Waals surface area contributed by atoms with Gasteiger partial charge in [0.05, 0.1) is 0 Å². The Morgan fingerprint density at radius 3 is 2.00 bits per heavy atom. The maximum absolute atomic E-state index is 13.4. The van der Waals surface area contributed by atoms with Crippen LogP contribution < -0.4 is 19.5 Å². The van der Waals surface area contributed by atoms with Crippen LogP contribution in [0.15, 0.2) is 54.6 Å². The van der Waals surface area contributed by atoms with Crippen LogP contribution in [0, 0.1) is 0 Å². The van der Waals surface area contributed by atoms with Gasteiger partial charge in [0, 0.05) is 0 Å². The Kier molecular flexibility index (Phi) is 3.51. The lowest BCUT2D eigenvalue weighted by Gasteiger charge is -2.29. The second-order valence-electron chi connectivity index (χ2n) is 4.59. The molecule has 0 saturated carbocycles. The van der Waals surface area contributed by atoms with Crippen LogP contribution in [0.1, 0.15) is 0 Å². The van der Waals surface area contributed by atoms with Crippen molar-refractivity contribution in [3.63, 3.8) is 0 Å². The van der Waals surface area contributed by atoms with Gasteiger partial charge in [-0.2, -0.15) is 13.2 Å². The first kappa shape index (κ1) is 15.0. The van der Waals surface area contributed by atoms with Gasteiger partial charge in [0.25, 0.3) is 0 Å². The number of amides is 1. The fraction of sp³-hybridized carbons (Fsp3) is 0.133. The van der Waals surface area contributed by atoms with Gasteiger partial charge in [-0.15, -0.1) is 0 Å². The Bertz CT molecular complexity index is 693. The third-order valence-corrected chi connectivity index (χ3v) is 2.95. The van der Waals surface area contributed by atoms with Crippen LogP contribution in [0.4, 0.5) is 18.0 Å². The van der Waals surface area contributed by atoms with Gasteiger partial charge in [0.1, 0.15) is 5.75 Å². The van der Waals surface area contributed by atoms with E-state index in [2.05, 4.69) is 0 Å². The van der Waals surface area contributed by atoms with Crippen molar-refractivity contribution in [1.82, 2.24) is 5.32 Å². The summed E-state index contributed by atoms with van der Waals surface area (Å²) in [5, 5.41) is 1.60. The van der Waals surface area contributed by atoms with Gasteiger partial charge in [0.2, 0.25) is 0 Å². The van der Waals surface area contributed by atoms with Crippen LogP contribution in [0.3, 0.4) is 0 Å². The van der Waals surface area contributed by atoms with Crippen LogP contribution in [0.25, 0.3) is 0 Å². The number of ether oxygens (including phenoxy) is 3. The third kappa shape index (κ3) is 2.87. The molecular weight excluding hydrogens is 315 g/mol. The maximum Gasteiger partial charge on any atom is 0.492 e. The van der Waals surface area contributed by atoms with E-state index in [0.717, 1.165) is 0 Å². The fourth-order valence-electron chi connectivity index (χ4n) is 1.94. The van der Waals surface area contributed by atoms with Crippen LogP contribution in [0.5, 0.6) is 17.2 Å². The van der Waals surface area contributed by atoms with Gasteiger partial charge in [-0.1, -0.05) is 30.3 Å². The monoisotopic (exact) mass is 325 g/mol. The number of nitrogens with one attached hydrogen (secondary N) is 1. The van der Waals surface area contributed by atoms with Gasteiger partial charge in [-0.25, -0.2) is 10.1 Å². The van der Waals surface area contributed by atoms with Crippen LogP contribution >= 0.6 is 0 Å². The number of rotatable bonds is 2. The molecule has 23 heavy (non-hydrogen) atoms. The molecule has 0 unspecified atom stereocenters. The summed E-state index contributed by atoms with van der Waals surface area (Å²) >= 11 is 0. The number of halogens is 3. The summed E-state index contributed by atoms with van der Waals surface area (Å²) in [6, 6.07) is 13.2. The molecule has 5 nitrogen and oxygen atoms in total. The molecule has 0 spiro atoms. The number of hydrogen-bond acceptors (Lipinski definition) is 4. The summed E-state index contributed by atoms with van der Waals surface area (Å²) in [5.74, 6) is -3.52. The summed E-state index contributed by atoms with van der Waals surface area (Å²) in [6.07, 6.45) is -6.39. The molecule has 1 N–H and O–H groups in total. The first-order valence-corrected chi connectivity index (χ1v) is 6.48. The average molecular weight is 325 g/mol. The predicted molar refractivity (Wildman–Crippen MR) is 72.1 cm³/mol. The summed E-state index contributed by atoms with van der Waals surface area (Å²) < 4.78 is 54.5. The number of fused-ring (bicyclic) bond motifs is 1. The minimum absolute atomic E-state index is 0.0813. The molecule has 3 rings (SSSR count). The minimum atomic E-state index is -5.03. The Labute approximate surface area is 128 Å². The highest BCUT2D eigenvalue weighted by molar-refractivity contribution is 5.71. The number of alkyl halides is 3. The number of hydrogen-bond donors (Lipinski definition) is 1. The molecule has 0 aliphatic carbocycles. The lowest BCUT2D eigenvalue weighted by Crippen LogP contribution is -2.65. The molecule has 1 aliphatic rings. The standard InChI is InChI=1S/C15H10F3NO4/c16-14(17,18)15(22-11-8-4-5-9-12(11)23-15)19-13(20)21-10-6-2-1-3-7-10/h1-9H,(H,19,20). The molecule has 1 aliphatic heterocycles. The molecule has 1 amide bonds. The smallest absolute Gasteiger partial charge is 0.424 e. The zero-order valence-electron chi connectivity index (χ0n) is 11.5. The van der Waals surface area contributed by atoms with Crippen molar-refractivity contribution in [2.45, 2.75) is 12.1 Å². The van der Waals surface area contributed by atoms with E-state index >= 15 is 0 Å². The molecule has 2 aromatic rings. The van der Waals surface area contributed by atoms with E-state index < -0.39 is 18.2 Å². The number of carbonyl (C=O) groups excluding carboxylic acids is 1. The zero-order chi connectivity index (χ0) is 16.5. The van der Waals surface area contributed by atoms with Crippen LogP contribution in [-0.4, -0.2) is 18.2 Å². The average Bonchev–Trinajstić information content (AvgIpc) is 2.87. The van der Waals surface area contributed by atoms with Gasteiger partial charge in [0.15, 0.2) is 11.5 Å². The highest BCUT2D eigenvalue weighted by atomic mass is 19.4. The summed E-state index contributed by atoms with van der Waals surface area (Å²) in [4.78, 5) is 11.8. The van der Waals surface area contributed by atoms with Crippen molar-refractivity contribution in [3.05, 3.63) is 54.6 Å². The predicted octanol–water partition coefficient (Wildman–Crippen LogP) is 3.46. The summed E-state index contributed by atoms with van der Waals surface area (Å²) in [5.41, 5.74) is 0. The highest BCUT2D eigenvalue weighted by Gasteiger charge is 2.66. The topological polar surface area (TPSA) is 56.8 Å². The second kappa shape index (κ2) is 5.38. The highest BCUT2D eigenvalue weighted by Crippen LogP contribution is 2.44. The van der Waals surface area contributed by atoms with Gasteiger partial charge in [-0.3, -0.25) is 0 Å². The minimum Gasteiger partial charge on any atom is -0.424 e. The van der Waals surface area contributed by atoms with E-state index in [1.165, 1.54) is 36.4 Å². The Morgan fingerprint density at radius 1 is 0.957 bits per heavy atom. The SMILES string of the molecule is O=C(NC1(C(F)(F)F)Oc2ccccc2O1)Oc1ccccc1. The summed E-state index contributed by atoms with van der Waals surface area (Å²) in [6.45, 7) is 0. The van der Waals surface area contributed by atoms with Crippen molar-refractivity contribution in [2.75, 3.05) is 0 Å². The molecule has 0 aromatic heterocycles. The fourth-order valence-corrected chi connectivity index (χ4v) is 1.94. The Balaban J connectivity index is 1.81. The van der Waals surface area contributed by atoms with Crippen LogP contribution in [0.2, 0.25) is 0 Å². The van der Waals surface area contributed by atoms with E-state index in [1.807, 2.05) is 0 Å². The molecular formula is C15H10F3NO4. The molecule has 1 heterocycles. The van der Waals surface area contributed by atoms with Gasteiger partial charge < -0.3 is 14.2 Å². The first-order valence-electron chi connectivity index (χ1n) is 6.48. The largest absolute Gasteiger partial charge is 0.492 e. The molecule has 8 heteroatoms. The van der Waals surface area contributed by atoms with Crippen molar-refractivity contribution in [2.24, 2.45) is 0 Å². The van der Waals surface area contributed by atoms with E-state index in [0.29, 0.717) is 0 Å². The lowest BCUT2D eigenvalue weighted by molar-refractivity contribution is -0.318. The number of benzene rings is 2. The van der Waals surface area contributed by atoms with E-state index in [-0.39, 0.29) is 17.2 Å². The van der Waals surface area contributed by atoms with Crippen molar-refractivity contribution in [1.29, 1.82) is 0 Å². The van der Waals surface area contributed by atoms with Gasteiger partial charge in [-0.05, 0) is 24.3 Å². The zero-order valence-corrected chi connectivity index (χ0v) is 11.5. The molecule has 0 saturated heterocycles. The molecule has 0 atom stereocenters. The van der Waals surface area contributed by atoms with E-state index in [9.17, 15) is 18.0 Å². The van der Waals surface area contributed by atoms with Crippen LogP contribution in [-0.2, 0) is 0 Å². The molecule has 0 radical (unpaired) electrons. The Morgan fingerprint density at radius 2 is 1.48 bits per heavy atom. The maximum atomic E-state index is 13.4. The van der Waals surface area contributed by atoms with Crippen molar-refractivity contribution < 1.29 is 32.2 Å². The van der Waals surface area contributed by atoms with Crippen molar-refractivity contribution >= 4 is 6.09 Å². The molecule has 0 bridgehead atoms. The normalized spacial score (nSPS) is 15.1. The lowest BCUT2D eigenvalue weighted by atomic mass is 10.3. The number of carbonyl (C=O) groups is 1. The molecule has 120 valence electrons. The second-order valence-corrected chi connectivity index (χ2v) is 4.59. The number of para-hydroxylation sites is 3.